The summed E-state index contributed by atoms with van der Waals surface area (Å²) in [6.45, 7) is 0. The summed E-state index contributed by atoms with van der Waals surface area (Å²) in [5, 5.41) is 4.64. The van der Waals surface area contributed by atoms with Crippen molar-refractivity contribution in [1.29, 1.82) is 0 Å². The number of hydrogen-bond donors (Lipinski definition) is 0. The summed E-state index contributed by atoms with van der Waals surface area (Å²) in [5.41, 5.74) is 9.11. The highest BCUT2D eigenvalue weighted by atomic mass is 15.1. The Balaban J connectivity index is 1.22. The molecule has 0 bridgehead atoms. The van der Waals surface area contributed by atoms with E-state index in [1.165, 1.54) is 16.3 Å². The Morgan fingerprint density at radius 2 is 0.736 bits per heavy atom. The van der Waals surface area contributed by atoms with Gasteiger partial charge in [0.2, 0.25) is 0 Å². The maximum absolute atomic E-state index is 5.47. The number of benzene rings is 8. The van der Waals surface area contributed by atoms with Crippen molar-refractivity contribution in [3.63, 3.8) is 0 Å². The molecule has 0 saturated heterocycles. The van der Waals surface area contributed by atoms with Crippen LogP contribution in [0.15, 0.2) is 188 Å². The van der Waals surface area contributed by atoms with E-state index < -0.39 is 0 Å². The van der Waals surface area contributed by atoms with Crippen LogP contribution >= 0.6 is 0 Å². The Morgan fingerprint density at radius 3 is 1.34 bits per heavy atom. The third-order valence-electron chi connectivity index (χ3n) is 9.84. The van der Waals surface area contributed by atoms with Gasteiger partial charge in [-0.3, -0.25) is 4.57 Å². The summed E-state index contributed by atoms with van der Waals surface area (Å²) in [7, 11) is 0. The molecule has 0 saturated carbocycles. The van der Waals surface area contributed by atoms with Crippen LogP contribution in [-0.4, -0.2) is 24.5 Å². The number of hydrogen-bond acceptors (Lipinski definition) is 4. The van der Waals surface area contributed by atoms with E-state index in [9.17, 15) is 0 Å². The number of fused-ring (bicyclic) bond motifs is 6. The highest BCUT2D eigenvalue weighted by molar-refractivity contribution is 6.24. The van der Waals surface area contributed by atoms with Crippen molar-refractivity contribution in [2.75, 3.05) is 0 Å². The molecular formula is C48H31N5. The van der Waals surface area contributed by atoms with Crippen LogP contribution in [0.2, 0.25) is 0 Å². The van der Waals surface area contributed by atoms with E-state index in [0.29, 0.717) is 17.5 Å². The Morgan fingerprint density at radius 1 is 0.302 bits per heavy atom. The molecule has 10 aromatic rings. The zero-order chi connectivity index (χ0) is 35.1. The van der Waals surface area contributed by atoms with Crippen LogP contribution < -0.4 is 0 Å². The molecule has 0 aliphatic carbocycles. The van der Waals surface area contributed by atoms with Crippen LogP contribution in [0.3, 0.4) is 0 Å². The van der Waals surface area contributed by atoms with E-state index in [2.05, 4.69) is 126 Å². The van der Waals surface area contributed by atoms with E-state index in [1.54, 1.807) is 0 Å². The monoisotopic (exact) mass is 677 g/mol. The first kappa shape index (κ1) is 30.6. The van der Waals surface area contributed by atoms with Gasteiger partial charge in [-0.05, 0) is 34.0 Å². The van der Waals surface area contributed by atoms with Crippen LogP contribution in [-0.2, 0) is 0 Å². The Kier molecular flexibility index (Phi) is 7.40. The number of imidazole rings is 1. The van der Waals surface area contributed by atoms with Crippen molar-refractivity contribution < 1.29 is 0 Å². The first-order valence-electron chi connectivity index (χ1n) is 17.7. The second kappa shape index (κ2) is 12.8. The molecule has 0 fully saturated rings. The predicted octanol–water partition coefficient (Wildman–Crippen LogP) is 11.9. The van der Waals surface area contributed by atoms with Crippen molar-refractivity contribution in [2.45, 2.75) is 0 Å². The molecule has 2 aromatic heterocycles. The lowest BCUT2D eigenvalue weighted by atomic mass is 10.00. The first-order chi connectivity index (χ1) is 26.3. The Bertz CT molecular complexity index is 2860. The van der Waals surface area contributed by atoms with Crippen molar-refractivity contribution in [1.82, 2.24) is 24.5 Å². The summed E-state index contributed by atoms with van der Waals surface area (Å²) in [4.78, 5) is 20.5. The molecule has 8 aromatic carbocycles. The van der Waals surface area contributed by atoms with E-state index in [4.69, 9.17) is 19.9 Å². The van der Waals surface area contributed by atoms with E-state index in [0.717, 1.165) is 61.1 Å². The summed E-state index contributed by atoms with van der Waals surface area (Å²) < 4.78 is 2.31. The van der Waals surface area contributed by atoms with Gasteiger partial charge in [0.1, 0.15) is 5.82 Å². The summed E-state index contributed by atoms with van der Waals surface area (Å²) in [6.07, 6.45) is 0. The fraction of sp³-hybridized carbons (Fsp3) is 0. The van der Waals surface area contributed by atoms with Gasteiger partial charge in [-0.2, -0.15) is 0 Å². The number of nitrogens with zero attached hydrogens (tertiary/aromatic N) is 5. The maximum Gasteiger partial charge on any atom is 0.164 e. The molecule has 10 rings (SSSR count). The summed E-state index contributed by atoms with van der Waals surface area (Å²) in [5.74, 6) is 2.73. The first-order valence-corrected chi connectivity index (χ1v) is 17.7. The van der Waals surface area contributed by atoms with Gasteiger partial charge in [0.05, 0.1) is 11.0 Å². The molecule has 0 aliphatic rings. The molecule has 0 atom stereocenters. The van der Waals surface area contributed by atoms with Crippen LogP contribution in [0.25, 0.3) is 94.9 Å². The smallest absolute Gasteiger partial charge is 0.164 e. The number of rotatable bonds is 6. The maximum atomic E-state index is 5.47. The van der Waals surface area contributed by atoms with Gasteiger partial charge < -0.3 is 0 Å². The molecule has 0 amide bonds. The number of aromatic nitrogens is 5. The van der Waals surface area contributed by atoms with Gasteiger partial charge in [0, 0.05) is 38.7 Å². The van der Waals surface area contributed by atoms with Crippen LogP contribution in [0.5, 0.6) is 0 Å². The predicted molar refractivity (Wildman–Crippen MR) is 217 cm³/mol. The zero-order valence-electron chi connectivity index (χ0n) is 28.6. The largest absolute Gasteiger partial charge is 0.292 e. The lowest BCUT2D eigenvalue weighted by molar-refractivity contribution is 1.07. The van der Waals surface area contributed by atoms with Gasteiger partial charge in [0.25, 0.3) is 0 Å². The molecule has 53 heavy (non-hydrogen) atoms. The van der Waals surface area contributed by atoms with Gasteiger partial charge in [0.15, 0.2) is 17.5 Å². The summed E-state index contributed by atoms with van der Waals surface area (Å²) >= 11 is 0. The standard InChI is InChI=1S/C48H31N5/c1-4-15-32(16-5-1)33-27-29-36(30-28-33)48-49-43-41-25-12-10-23-39(41)40-24-11-13-26-42(40)44(43)53(48)38-22-14-21-37(31-38)47-51-45(34-17-6-2-7-18-34)50-46(52-47)35-19-8-3-9-20-35/h1-31H. The van der Waals surface area contributed by atoms with Crippen LogP contribution in [0.1, 0.15) is 0 Å². The van der Waals surface area contributed by atoms with Crippen molar-refractivity contribution >= 4 is 32.6 Å². The van der Waals surface area contributed by atoms with E-state index in [1.807, 2.05) is 66.7 Å². The highest BCUT2D eigenvalue weighted by Gasteiger charge is 2.21. The Labute approximate surface area is 306 Å². The average molecular weight is 678 g/mol. The third kappa shape index (κ3) is 5.43. The van der Waals surface area contributed by atoms with Gasteiger partial charge in [-0.15, -0.1) is 0 Å². The minimum absolute atomic E-state index is 0.605. The molecule has 5 heteroatoms. The Hall–Kier alpha value is -7.24. The molecule has 0 aliphatic heterocycles. The topological polar surface area (TPSA) is 56.5 Å². The molecule has 0 unspecified atom stereocenters. The second-order valence-corrected chi connectivity index (χ2v) is 13.1. The molecule has 0 spiro atoms. The fourth-order valence-corrected chi connectivity index (χ4v) is 7.31. The van der Waals surface area contributed by atoms with Crippen molar-refractivity contribution in [3.8, 4) is 62.4 Å². The minimum Gasteiger partial charge on any atom is -0.292 e. The van der Waals surface area contributed by atoms with Crippen LogP contribution in [0.4, 0.5) is 0 Å². The van der Waals surface area contributed by atoms with E-state index in [-0.39, 0.29) is 0 Å². The molecular weight excluding hydrogens is 647 g/mol. The van der Waals surface area contributed by atoms with E-state index >= 15 is 0 Å². The highest BCUT2D eigenvalue weighted by Crippen LogP contribution is 2.40. The molecule has 0 radical (unpaired) electrons. The molecule has 2 heterocycles. The van der Waals surface area contributed by atoms with Crippen molar-refractivity contribution in [3.05, 3.63) is 188 Å². The fourth-order valence-electron chi connectivity index (χ4n) is 7.31. The van der Waals surface area contributed by atoms with Gasteiger partial charge in [-0.25, -0.2) is 19.9 Å². The zero-order valence-corrected chi connectivity index (χ0v) is 28.6. The normalized spacial score (nSPS) is 11.4. The van der Waals surface area contributed by atoms with Crippen molar-refractivity contribution in [2.24, 2.45) is 0 Å². The molecule has 0 N–H and O–H groups in total. The lowest BCUT2D eigenvalue weighted by Gasteiger charge is -2.14. The quantitative estimate of drug-likeness (QED) is 0.164. The van der Waals surface area contributed by atoms with Gasteiger partial charge in [-0.1, -0.05) is 176 Å². The molecule has 5 nitrogen and oxygen atoms in total. The third-order valence-corrected chi connectivity index (χ3v) is 9.84. The average Bonchev–Trinajstić information content (AvgIpc) is 3.66. The minimum atomic E-state index is 0.605. The van der Waals surface area contributed by atoms with Crippen LogP contribution in [0, 0.1) is 0 Å². The summed E-state index contributed by atoms with van der Waals surface area (Å²) in [6, 6.07) is 65.1. The lowest BCUT2D eigenvalue weighted by Crippen LogP contribution is -2.02. The molecule has 248 valence electrons. The van der Waals surface area contributed by atoms with Gasteiger partial charge >= 0.3 is 0 Å². The second-order valence-electron chi connectivity index (χ2n) is 13.1. The SMILES string of the molecule is c1ccc(-c2ccc(-c3nc4c5ccccc5c5ccccc5c4n3-c3cccc(-c4nc(-c5ccccc5)nc(-c5ccccc5)n4)c3)cc2)cc1.